The van der Waals surface area contributed by atoms with Crippen LogP contribution in [0.4, 0.5) is 0 Å². The molecule has 1 aromatic heterocycles. The number of amides is 1. The summed E-state index contributed by atoms with van der Waals surface area (Å²) in [4.78, 5) is 22.9. The summed E-state index contributed by atoms with van der Waals surface area (Å²) >= 11 is 0. The van der Waals surface area contributed by atoms with Crippen LogP contribution in [0, 0.1) is 11.3 Å². The van der Waals surface area contributed by atoms with Gasteiger partial charge in [0, 0.05) is 0 Å². The van der Waals surface area contributed by atoms with Gasteiger partial charge in [-0.25, -0.2) is 8.42 Å². The standard InChI is InChI=1S/C16H15N3O6S/c17-8-12-4-1-2-6-14(12)26(22,23)19-10-16(21)25-11-15(20)18-9-13-5-3-7-24-13/h1-7,19H,9-11H2,(H,18,20). The summed E-state index contributed by atoms with van der Waals surface area (Å²) in [7, 11) is -4.06. The fourth-order valence-electron chi connectivity index (χ4n) is 1.87. The third kappa shape index (κ3) is 5.44. The molecule has 10 heteroatoms. The van der Waals surface area contributed by atoms with Gasteiger partial charge in [-0.3, -0.25) is 9.59 Å². The van der Waals surface area contributed by atoms with Crippen molar-refractivity contribution in [3.05, 3.63) is 54.0 Å². The van der Waals surface area contributed by atoms with Crippen molar-refractivity contribution in [1.29, 1.82) is 5.26 Å². The molecule has 0 saturated carbocycles. The minimum absolute atomic E-state index is 0.0503. The summed E-state index contributed by atoms with van der Waals surface area (Å²) in [6.07, 6.45) is 1.46. The number of ether oxygens (including phenoxy) is 1. The van der Waals surface area contributed by atoms with Crippen LogP contribution >= 0.6 is 0 Å². The van der Waals surface area contributed by atoms with E-state index >= 15 is 0 Å². The number of esters is 1. The first-order valence-corrected chi connectivity index (χ1v) is 8.84. The van der Waals surface area contributed by atoms with Crippen LogP contribution in [-0.2, 0) is 30.9 Å². The van der Waals surface area contributed by atoms with Gasteiger partial charge >= 0.3 is 5.97 Å². The van der Waals surface area contributed by atoms with Gasteiger partial charge in [0.05, 0.1) is 23.3 Å². The van der Waals surface area contributed by atoms with Crippen LogP contribution in [0.15, 0.2) is 52.0 Å². The van der Waals surface area contributed by atoms with Gasteiger partial charge in [0.1, 0.15) is 18.4 Å². The summed E-state index contributed by atoms with van der Waals surface area (Å²) in [5, 5.41) is 11.4. The Morgan fingerprint density at radius 1 is 1.19 bits per heavy atom. The van der Waals surface area contributed by atoms with E-state index in [1.54, 1.807) is 18.2 Å². The fourth-order valence-corrected chi connectivity index (χ4v) is 3.00. The van der Waals surface area contributed by atoms with E-state index in [-0.39, 0.29) is 17.0 Å². The van der Waals surface area contributed by atoms with Crippen LogP contribution in [-0.4, -0.2) is 33.4 Å². The van der Waals surface area contributed by atoms with E-state index in [2.05, 4.69) is 10.1 Å². The normalized spacial score (nSPS) is 10.7. The lowest BCUT2D eigenvalue weighted by atomic mass is 10.2. The largest absolute Gasteiger partial charge is 0.467 e. The number of rotatable bonds is 8. The second-order valence-electron chi connectivity index (χ2n) is 4.95. The van der Waals surface area contributed by atoms with E-state index in [0.29, 0.717) is 5.76 Å². The molecule has 1 heterocycles. The monoisotopic (exact) mass is 377 g/mol. The molecule has 0 aliphatic heterocycles. The third-order valence-corrected chi connectivity index (χ3v) is 4.57. The number of nitrogens with one attached hydrogen (secondary N) is 2. The molecule has 2 N–H and O–H groups in total. The first-order chi connectivity index (χ1) is 12.4. The van der Waals surface area contributed by atoms with Crippen molar-refractivity contribution in [1.82, 2.24) is 10.0 Å². The summed E-state index contributed by atoms with van der Waals surface area (Å²) in [5.41, 5.74) is -0.0503. The van der Waals surface area contributed by atoms with E-state index in [0.717, 1.165) is 0 Å². The zero-order valence-corrected chi connectivity index (χ0v) is 14.3. The molecular weight excluding hydrogens is 362 g/mol. The molecule has 136 valence electrons. The Balaban J connectivity index is 1.79. The second-order valence-corrected chi connectivity index (χ2v) is 6.68. The van der Waals surface area contributed by atoms with E-state index in [1.807, 2.05) is 4.72 Å². The zero-order chi connectivity index (χ0) is 19.0. The van der Waals surface area contributed by atoms with Crippen molar-refractivity contribution in [2.75, 3.05) is 13.2 Å². The second kappa shape index (κ2) is 8.80. The summed E-state index contributed by atoms with van der Waals surface area (Å²) < 4.78 is 36.0. The van der Waals surface area contributed by atoms with Gasteiger partial charge in [0.25, 0.3) is 5.91 Å². The molecule has 9 nitrogen and oxygen atoms in total. The van der Waals surface area contributed by atoms with E-state index in [1.165, 1.54) is 30.5 Å². The average molecular weight is 377 g/mol. The highest BCUT2D eigenvalue weighted by molar-refractivity contribution is 7.89. The zero-order valence-electron chi connectivity index (χ0n) is 13.5. The Bertz CT molecular complexity index is 916. The lowest BCUT2D eigenvalue weighted by molar-refractivity contribution is -0.147. The molecular formula is C16H15N3O6S. The van der Waals surface area contributed by atoms with Crippen LogP contribution in [0.25, 0.3) is 0 Å². The smallest absolute Gasteiger partial charge is 0.321 e. The predicted octanol–water partition coefficient (Wildman–Crippen LogP) is 0.289. The topological polar surface area (TPSA) is 138 Å². The molecule has 0 radical (unpaired) electrons. The van der Waals surface area contributed by atoms with Crippen LogP contribution in [0.2, 0.25) is 0 Å². The Hall–Kier alpha value is -3.16. The maximum Gasteiger partial charge on any atom is 0.321 e. The quantitative estimate of drug-likeness (QED) is 0.630. The SMILES string of the molecule is N#Cc1ccccc1S(=O)(=O)NCC(=O)OCC(=O)NCc1ccco1. The van der Waals surface area contributed by atoms with Crippen molar-refractivity contribution < 1.29 is 27.2 Å². The number of benzene rings is 1. The highest BCUT2D eigenvalue weighted by Gasteiger charge is 2.19. The minimum Gasteiger partial charge on any atom is -0.467 e. The molecule has 0 aliphatic rings. The van der Waals surface area contributed by atoms with Crippen LogP contribution in [0.3, 0.4) is 0 Å². The van der Waals surface area contributed by atoms with Crippen LogP contribution in [0.5, 0.6) is 0 Å². The minimum atomic E-state index is -4.06. The molecule has 2 aromatic rings. The van der Waals surface area contributed by atoms with Crippen LogP contribution in [0.1, 0.15) is 11.3 Å². The van der Waals surface area contributed by atoms with Crippen molar-refractivity contribution in [3.8, 4) is 6.07 Å². The number of sulfonamides is 1. The van der Waals surface area contributed by atoms with Crippen molar-refractivity contribution in [3.63, 3.8) is 0 Å². The maximum absolute atomic E-state index is 12.1. The lowest BCUT2D eigenvalue weighted by Gasteiger charge is -2.08. The molecule has 26 heavy (non-hydrogen) atoms. The number of furan rings is 1. The molecule has 1 amide bonds. The van der Waals surface area contributed by atoms with E-state index in [4.69, 9.17) is 9.68 Å². The lowest BCUT2D eigenvalue weighted by Crippen LogP contribution is -2.34. The Kier molecular flexibility index (Phi) is 6.48. The highest BCUT2D eigenvalue weighted by atomic mass is 32.2. The molecule has 0 atom stereocenters. The van der Waals surface area contributed by atoms with Crippen molar-refractivity contribution in [2.45, 2.75) is 11.4 Å². The summed E-state index contributed by atoms with van der Waals surface area (Å²) in [6.45, 7) is -1.09. The van der Waals surface area contributed by atoms with Crippen molar-refractivity contribution in [2.24, 2.45) is 0 Å². The fraction of sp³-hybridized carbons (Fsp3) is 0.188. The number of hydrogen-bond acceptors (Lipinski definition) is 7. The molecule has 0 bridgehead atoms. The third-order valence-electron chi connectivity index (χ3n) is 3.11. The summed E-state index contributed by atoms with van der Waals surface area (Å²) in [5.74, 6) is -0.961. The Morgan fingerprint density at radius 3 is 2.65 bits per heavy atom. The first kappa shape index (κ1) is 19.2. The average Bonchev–Trinajstić information content (AvgIpc) is 3.16. The first-order valence-electron chi connectivity index (χ1n) is 7.36. The molecule has 2 rings (SSSR count). The number of nitriles is 1. The van der Waals surface area contributed by atoms with Gasteiger partial charge in [-0.15, -0.1) is 0 Å². The highest BCUT2D eigenvalue weighted by Crippen LogP contribution is 2.13. The van der Waals surface area contributed by atoms with Gasteiger partial charge in [0.2, 0.25) is 10.0 Å². The van der Waals surface area contributed by atoms with Crippen LogP contribution < -0.4 is 10.0 Å². The Labute approximate surface area is 149 Å². The molecule has 1 aromatic carbocycles. The van der Waals surface area contributed by atoms with Crippen molar-refractivity contribution >= 4 is 21.9 Å². The molecule has 0 spiro atoms. The molecule has 0 fully saturated rings. The number of hydrogen-bond donors (Lipinski definition) is 2. The maximum atomic E-state index is 12.1. The van der Waals surface area contributed by atoms with E-state index in [9.17, 15) is 18.0 Å². The predicted molar refractivity (Wildman–Crippen MR) is 87.9 cm³/mol. The molecule has 0 unspecified atom stereocenters. The number of carbonyl (C=O) groups excluding carboxylic acids is 2. The summed E-state index contributed by atoms with van der Waals surface area (Å²) in [6, 6.07) is 10.7. The number of nitrogens with zero attached hydrogens (tertiary/aromatic N) is 1. The van der Waals surface area contributed by atoms with Gasteiger partial charge in [-0.05, 0) is 24.3 Å². The van der Waals surface area contributed by atoms with Gasteiger partial charge in [-0.1, -0.05) is 12.1 Å². The van der Waals surface area contributed by atoms with Gasteiger partial charge in [-0.2, -0.15) is 9.98 Å². The molecule has 0 aliphatic carbocycles. The Morgan fingerprint density at radius 2 is 1.96 bits per heavy atom. The molecule has 0 saturated heterocycles. The van der Waals surface area contributed by atoms with Gasteiger partial charge < -0.3 is 14.5 Å². The van der Waals surface area contributed by atoms with E-state index < -0.39 is 35.1 Å². The number of carbonyl (C=O) groups is 2. The van der Waals surface area contributed by atoms with Gasteiger partial charge in [0.15, 0.2) is 6.61 Å².